The van der Waals surface area contributed by atoms with Crippen molar-refractivity contribution in [3.8, 4) is 11.5 Å². The zero-order chi connectivity index (χ0) is 13.8. The summed E-state index contributed by atoms with van der Waals surface area (Å²) in [5.74, 6) is 1.47. The second-order valence-electron chi connectivity index (χ2n) is 4.15. The molecule has 3 nitrogen and oxygen atoms in total. The van der Waals surface area contributed by atoms with Crippen molar-refractivity contribution in [2.45, 2.75) is 27.2 Å². The van der Waals surface area contributed by atoms with E-state index in [0.29, 0.717) is 24.1 Å². The lowest BCUT2D eigenvalue weighted by molar-refractivity contribution is 0.288. The Morgan fingerprint density at radius 3 is 2.21 bits per heavy atom. The highest BCUT2D eigenvalue weighted by molar-refractivity contribution is 6.30. The molecule has 0 N–H and O–H groups in total. The van der Waals surface area contributed by atoms with Crippen LogP contribution in [0.2, 0.25) is 5.15 Å². The fourth-order valence-electron chi connectivity index (χ4n) is 1.99. The number of hydrogen-bond acceptors (Lipinski definition) is 3. The third kappa shape index (κ3) is 2.92. The normalized spacial score (nSPS) is 10.7. The number of ether oxygens (including phenoxy) is 2. The van der Waals surface area contributed by atoms with Gasteiger partial charge < -0.3 is 9.47 Å². The zero-order valence-electron chi connectivity index (χ0n) is 11.5. The number of nitrogens with zero attached hydrogens (tertiary/aromatic N) is 1. The summed E-state index contributed by atoms with van der Waals surface area (Å²) in [5.41, 5.74) is 1.87. The number of benzene rings is 1. The minimum absolute atomic E-state index is 0.557. The van der Waals surface area contributed by atoms with Crippen LogP contribution in [-0.2, 0) is 6.42 Å². The molecule has 0 spiro atoms. The van der Waals surface area contributed by atoms with Gasteiger partial charge in [0.05, 0.1) is 18.7 Å². The Balaban J connectivity index is 2.59. The van der Waals surface area contributed by atoms with Crippen LogP contribution in [-0.4, -0.2) is 18.2 Å². The highest BCUT2D eigenvalue weighted by Crippen LogP contribution is 2.33. The molecule has 1 aromatic heterocycles. The molecule has 0 aliphatic heterocycles. The van der Waals surface area contributed by atoms with E-state index in [9.17, 15) is 0 Å². The number of aromatic nitrogens is 1. The molecule has 0 fully saturated rings. The van der Waals surface area contributed by atoms with Gasteiger partial charge in [-0.2, -0.15) is 0 Å². The number of fused-ring (bicyclic) bond motifs is 1. The molecule has 102 valence electrons. The molecule has 0 bridgehead atoms. The maximum atomic E-state index is 6.15. The van der Waals surface area contributed by atoms with Crippen LogP contribution in [0.3, 0.4) is 0 Å². The summed E-state index contributed by atoms with van der Waals surface area (Å²) >= 11 is 6.15. The van der Waals surface area contributed by atoms with E-state index in [1.54, 1.807) is 0 Å². The molecule has 0 saturated carbocycles. The van der Waals surface area contributed by atoms with Crippen molar-refractivity contribution in [1.82, 2.24) is 4.98 Å². The van der Waals surface area contributed by atoms with Crippen LogP contribution in [0, 0.1) is 0 Å². The van der Waals surface area contributed by atoms with Crippen molar-refractivity contribution in [3.05, 3.63) is 28.9 Å². The van der Waals surface area contributed by atoms with E-state index in [0.717, 1.165) is 28.6 Å². The molecule has 2 rings (SSSR count). The summed E-state index contributed by atoms with van der Waals surface area (Å²) in [6.07, 6.45) is 0.860. The average molecular weight is 280 g/mol. The summed E-state index contributed by atoms with van der Waals surface area (Å²) in [7, 11) is 0. The van der Waals surface area contributed by atoms with Gasteiger partial charge in [0, 0.05) is 11.5 Å². The van der Waals surface area contributed by atoms with Crippen molar-refractivity contribution in [3.63, 3.8) is 0 Å². The highest BCUT2D eigenvalue weighted by atomic mass is 35.5. The van der Waals surface area contributed by atoms with E-state index < -0.39 is 0 Å². The first-order chi connectivity index (χ1) is 9.19. The van der Waals surface area contributed by atoms with Crippen LogP contribution in [0.1, 0.15) is 26.3 Å². The van der Waals surface area contributed by atoms with Crippen molar-refractivity contribution in [2.24, 2.45) is 0 Å². The Hall–Kier alpha value is -1.48. The van der Waals surface area contributed by atoms with E-state index in [2.05, 4.69) is 18.0 Å². The molecular formula is C15H18ClNO2. The fourth-order valence-corrected chi connectivity index (χ4v) is 2.27. The smallest absolute Gasteiger partial charge is 0.163 e. The predicted molar refractivity (Wildman–Crippen MR) is 78.5 cm³/mol. The Morgan fingerprint density at radius 1 is 1.00 bits per heavy atom. The van der Waals surface area contributed by atoms with Crippen molar-refractivity contribution in [1.29, 1.82) is 0 Å². The van der Waals surface area contributed by atoms with Crippen LogP contribution < -0.4 is 9.47 Å². The molecular weight excluding hydrogens is 262 g/mol. The number of aryl methyl sites for hydroxylation is 1. The summed E-state index contributed by atoms with van der Waals surface area (Å²) in [6, 6.07) is 5.91. The van der Waals surface area contributed by atoms with E-state index in [4.69, 9.17) is 21.1 Å². The standard InChI is InChI=1S/C15H18ClNO2/c1-4-10-7-11-8-13(18-5-2)14(19-6-3)9-12(11)17-15(10)16/h7-9H,4-6H2,1-3H3. The molecule has 0 amide bonds. The van der Waals surface area contributed by atoms with Gasteiger partial charge in [-0.1, -0.05) is 18.5 Å². The first-order valence-corrected chi connectivity index (χ1v) is 6.96. The van der Waals surface area contributed by atoms with Crippen molar-refractivity contribution < 1.29 is 9.47 Å². The maximum absolute atomic E-state index is 6.15. The molecule has 0 radical (unpaired) electrons. The van der Waals surface area contributed by atoms with Crippen LogP contribution in [0.25, 0.3) is 10.9 Å². The van der Waals surface area contributed by atoms with Gasteiger partial charge in [0.2, 0.25) is 0 Å². The Labute approximate surface area is 118 Å². The predicted octanol–water partition coefficient (Wildman–Crippen LogP) is 4.25. The number of hydrogen-bond donors (Lipinski definition) is 0. The lowest BCUT2D eigenvalue weighted by Gasteiger charge is -2.12. The minimum atomic E-state index is 0.557. The van der Waals surface area contributed by atoms with E-state index in [1.165, 1.54) is 0 Å². The summed E-state index contributed by atoms with van der Waals surface area (Å²) < 4.78 is 11.2. The summed E-state index contributed by atoms with van der Waals surface area (Å²) in [6.45, 7) is 7.16. The molecule has 0 unspecified atom stereocenters. The lowest BCUT2D eigenvalue weighted by atomic mass is 10.1. The molecule has 1 heterocycles. The van der Waals surface area contributed by atoms with Gasteiger partial charge in [-0.15, -0.1) is 0 Å². The van der Waals surface area contributed by atoms with E-state index in [-0.39, 0.29) is 0 Å². The Kier molecular flexibility index (Phi) is 4.48. The second-order valence-corrected chi connectivity index (χ2v) is 4.51. The molecule has 2 aromatic rings. The van der Waals surface area contributed by atoms with Gasteiger partial charge in [0.15, 0.2) is 11.5 Å². The molecule has 0 aliphatic rings. The Morgan fingerprint density at radius 2 is 1.63 bits per heavy atom. The molecule has 0 atom stereocenters. The van der Waals surface area contributed by atoms with Crippen LogP contribution >= 0.6 is 11.6 Å². The first kappa shape index (κ1) is 13.9. The Bertz CT molecular complexity index is 584. The average Bonchev–Trinajstić information content (AvgIpc) is 2.40. The maximum Gasteiger partial charge on any atom is 0.163 e. The van der Waals surface area contributed by atoms with Crippen LogP contribution in [0.5, 0.6) is 11.5 Å². The molecule has 4 heteroatoms. The van der Waals surface area contributed by atoms with Crippen LogP contribution in [0.4, 0.5) is 0 Å². The molecule has 1 aromatic carbocycles. The van der Waals surface area contributed by atoms with Gasteiger partial charge >= 0.3 is 0 Å². The van der Waals surface area contributed by atoms with Gasteiger partial charge in [0.25, 0.3) is 0 Å². The number of halogens is 1. The number of rotatable bonds is 5. The van der Waals surface area contributed by atoms with Gasteiger partial charge in [-0.05, 0) is 38.0 Å². The third-order valence-corrected chi connectivity index (χ3v) is 3.21. The highest BCUT2D eigenvalue weighted by Gasteiger charge is 2.10. The van der Waals surface area contributed by atoms with E-state index >= 15 is 0 Å². The molecule has 0 saturated heterocycles. The SMILES string of the molecule is CCOc1cc2cc(CC)c(Cl)nc2cc1OCC. The van der Waals surface area contributed by atoms with E-state index in [1.807, 2.05) is 26.0 Å². The topological polar surface area (TPSA) is 31.4 Å². The zero-order valence-corrected chi connectivity index (χ0v) is 12.3. The monoisotopic (exact) mass is 279 g/mol. The summed E-state index contributed by atoms with van der Waals surface area (Å²) in [5, 5.41) is 1.58. The lowest BCUT2D eigenvalue weighted by Crippen LogP contribution is -1.99. The van der Waals surface area contributed by atoms with Crippen LogP contribution in [0.15, 0.2) is 18.2 Å². The van der Waals surface area contributed by atoms with Crippen molar-refractivity contribution in [2.75, 3.05) is 13.2 Å². The third-order valence-electron chi connectivity index (χ3n) is 2.89. The largest absolute Gasteiger partial charge is 0.490 e. The summed E-state index contributed by atoms with van der Waals surface area (Å²) in [4.78, 5) is 4.42. The van der Waals surface area contributed by atoms with Crippen molar-refractivity contribution >= 4 is 22.5 Å². The van der Waals surface area contributed by atoms with Gasteiger partial charge in [-0.3, -0.25) is 0 Å². The molecule has 19 heavy (non-hydrogen) atoms. The minimum Gasteiger partial charge on any atom is -0.490 e. The van der Waals surface area contributed by atoms with Gasteiger partial charge in [-0.25, -0.2) is 4.98 Å². The van der Waals surface area contributed by atoms with Gasteiger partial charge in [0.1, 0.15) is 5.15 Å². The fraction of sp³-hybridized carbons (Fsp3) is 0.400. The quantitative estimate of drug-likeness (QED) is 0.767. The first-order valence-electron chi connectivity index (χ1n) is 6.58. The molecule has 0 aliphatic carbocycles. The second kappa shape index (κ2) is 6.11. The number of pyridine rings is 1.